The van der Waals surface area contributed by atoms with Crippen molar-refractivity contribution in [1.82, 2.24) is 4.90 Å². The molecule has 1 fully saturated rings. The molecule has 1 aromatic rings. The lowest BCUT2D eigenvalue weighted by molar-refractivity contribution is 0.0668. The van der Waals surface area contributed by atoms with Crippen LogP contribution in [0, 0.1) is 5.92 Å². The van der Waals surface area contributed by atoms with Gasteiger partial charge in [-0.1, -0.05) is 29.3 Å². The van der Waals surface area contributed by atoms with E-state index < -0.39 is 0 Å². The molecule has 18 heavy (non-hydrogen) atoms. The molecule has 1 atom stereocenters. The van der Waals surface area contributed by atoms with Crippen molar-refractivity contribution in [2.45, 2.75) is 31.1 Å². The van der Waals surface area contributed by atoms with Crippen LogP contribution in [0.1, 0.15) is 36.5 Å². The predicted octanol–water partition coefficient (Wildman–Crippen LogP) is 4.00. The van der Waals surface area contributed by atoms with Gasteiger partial charge < -0.3 is 4.90 Å². The first kappa shape index (κ1) is 13.9. The standard InChI is InChI=1S/C14H18BrNOS/c1-2-10-4-3-7-16(9-10)14(17)12-6-5-11(15)8-13(12)18/h5-6,8,10,18H,2-4,7,9H2,1H3. The minimum Gasteiger partial charge on any atom is -0.338 e. The molecule has 0 spiro atoms. The number of hydrogen-bond acceptors (Lipinski definition) is 2. The highest BCUT2D eigenvalue weighted by Gasteiger charge is 2.24. The molecule has 0 aromatic heterocycles. The number of halogens is 1. The Labute approximate surface area is 122 Å². The van der Waals surface area contributed by atoms with Gasteiger partial charge in [-0.3, -0.25) is 4.79 Å². The lowest BCUT2D eigenvalue weighted by Gasteiger charge is -2.32. The SMILES string of the molecule is CCC1CCCN(C(=O)c2ccc(Br)cc2S)C1. The largest absolute Gasteiger partial charge is 0.338 e. The van der Waals surface area contributed by atoms with Crippen LogP contribution >= 0.6 is 28.6 Å². The number of likely N-dealkylation sites (tertiary alicyclic amines) is 1. The second-order valence-corrected chi connectivity index (χ2v) is 6.23. The quantitative estimate of drug-likeness (QED) is 0.814. The molecule has 0 N–H and O–H groups in total. The third-order valence-corrected chi connectivity index (χ3v) is 4.44. The number of piperidine rings is 1. The van der Waals surface area contributed by atoms with E-state index in [0.717, 1.165) is 35.3 Å². The molecule has 1 amide bonds. The molecule has 1 aromatic carbocycles. The third kappa shape index (κ3) is 3.09. The Morgan fingerprint density at radius 1 is 1.56 bits per heavy atom. The van der Waals surface area contributed by atoms with E-state index in [-0.39, 0.29) is 5.91 Å². The van der Waals surface area contributed by atoms with Crippen LogP contribution in [0.3, 0.4) is 0 Å². The van der Waals surface area contributed by atoms with Crippen molar-refractivity contribution < 1.29 is 4.79 Å². The summed E-state index contributed by atoms with van der Waals surface area (Å²) in [4.78, 5) is 15.2. The van der Waals surface area contributed by atoms with Gasteiger partial charge in [0, 0.05) is 22.5 Å². The van der Waals surface area contributed by atoms with Crippen molar-refractivity contribution in [3.05, 3.63) is 28.2 Å². The topological polar surface area (TPSA) is 20.3 Å². The van der Waals surface area contributed by atoms with Crippen LogP contribution in [-0.2, 0) is 0 Å². The van der Waals surface area contributed by atoms with E-state index in [2.05, 4.69) is 35.5 Å². The third-order valence-electron chi connectivity index (χ3n) is 3.57. The van der Waals surface area contributed by atoms with Crippen molar-refractivity contribution in [2.24, 2.45) is 5.92 Å². The Balaban J connectivity index is 2.15. The molecule has 0 bridgehead atoms. The van der Waals surface area contributed by atoms with Gasteiger partial charge in [-0.2, -0.15) is 0 Å². The van der Waals surface area contributed by atoms with Gasteiger partial charge in [0.05, 0.1) is 5.56 Å². The zero-order chi connectivity index (χ0) is 13.1. The number of carbonyl (C=O) groups excluding carboxylic acids is 1. The first-order valence-electron chi connectivity index (χ1n) is 6.39. The fraction of sp³-hybridized carbons (Fsp3) is 0.500. The van der Waals surface area contributed by atoms with Gasteiger partial charge >= 0.3 is 0 Å². The van der Waals surface area contributed by atoms with Crippen LogP contribution in [0.15, 0.2) is 27.6 Å². The molecule has 4 heteroatoms. The molecular weight excluding hydrogens is 310 g/mol. The maximum absolute atomic E-state index is 12.5. The molecule has 1 aliphatic rings. The van der Waals surface area contributed by atoms with Gasteiger partial charge in [0.25, 0.3) is 5.91 Å². The van der Waals surface area contributed by atoms with Gasteiger partial charge in [-0.15, -0.1) is 12.6 Å². The summed E-state index contributed by atoms with van der Waals surface area (Å²) in [5.74, 6) is 0.771. The highest BCUT2D eigenvalue weighted by Crippen LogP contribution is 2.25. The first-order chi connectivity index (χ1) is 8.61. The van der Waals surface area contributed by atoms with Gasteiger partial charge in [0.1, 0.15) is 0 Å². The fourth-order valence-corrected chi connectivity index (χ4v) is 3.29. The van der Waals surface area contributed by atoms with Crippen molar-refractivity contribution in [2.75, 3.05) is 13.1 Å². The van der Waals surface area contributed by atoms with E-state index in [4.69, 9.17) is 0 Å². The first-order valence-corrected chi connectivity index (χ1v) is 7.63. The maximum Gasteiger partial charge on any atom is 0.254 e. The highest BCUT2D eigenvalue weighted by molar-refractivity contribution is 9.10. The van der Waals surface area contributed by atoms with Gasteiger partial charge in [-0.05, 0) is 37.0 Å². The molecule has 1 unspecified atom stereocenters. The second kappa shape index (κ2) is 6.11. The zero-order valence-corrected chi connectivity index (χ0v) is 13.0. The van der Waals surface area contributed by atoms with Crippen LogP contribution < -0.4 is 0 Å². The molecule has 0 aliphatic carbocycles. The Kier molecular flexibility index (Phi) is 4.73. The molecule has 2 rings (SSSR count). The lowest BCUT2D eigenvalue weighted by Crippen LogP contribution is -2.39. The molecular formula is C14H18BrNOS. The van der Waals surface area contributed by atoms with Crippen LogP contribution in [-0.4, -0.2) is 23.9 Å². The van der Waals surface area contributed by atoms with E-state index in [1.807, 2.05) is 23.1 Å². The molecule has 98 valence electrons. The van der Waals surface area contributed by atoms with E-state index in [1.165, 1.54) is 6.42 Å². The Bertz CT molecular complexity index is 449. The average Bonchev–Trinajstić information content (AvgIpc) is 2.38. The minimum absolute atomic E-state index is 0.116. The molecule has 0 saturated carbocycles. The summed E-state index contributed by atoms with van der Waals surface area (Å²) in [5, 5.41) is 0. The van der Waals surface area contributed by atoms with Crippen molar-refractivity contribution in [3.63, 3.8) is 0 Å². The molecule has 1 saturated heterocycles. The number of carbonyl (C=O) groups is 1. The number of benzene rings is 1. The monoisotopic (exact) mass is 327 g/mol. The number of nitrogens with zero attached hydrogens (tertiary/aromatic N) is 1. The molecule has 1 heterocycles. The summed E-state index contributed by atoms with van der Waals surface area (Å²) in [7, 11) is 0. The normalized spacial score (nSPS) is 19.9. The molecule has 0 radical (unpaired) electrons. The van der Waals surface area contributed by atoms with Crippen molar-refractivity contribution >= 4 is 34.5 Å². The summed E-state index contributed by atoms with van der Waals surface area (Å²) in [6.45, 7) is 3.96. The zero-order valence-electron chi connectivity index (χ0n) is 10.5. The van der Waals surface area contributed by atoms with Crippen LogP contribution in [0.5, 0.6) is 0 Å². The maximum atomic E-state index is 12.5. The number of thiol groups is 1. The van der Waals surface area contributed by atoms with Gasteiger partial charge in [0.15, 0.2) is 0 Å². The summed E-state index contributed by atoms with van der Waals surface area (Å²) in [5.41, 5.74) is 0.707. The smallest absolute Gasteiger partial charge is 0.254 e. The summed E-state index contributed by atoms with van der Waals surface area (Å²) in [6, 6.07) is 5.62. The summed E-state index contributed by atoms with van der Waals surface area (Å²) < 4.78 is 0.953. The summed E-state index contributed by atoms with van der Waals surface area (Å²) in [6.07, 6.45) is 3.51. The van der Waals surface area contributed by atoms with E-state index in [9.17, 15) is 4.79 Å². The minimum atomic E-state index is 0.116. The number of amides is 1. The summed E-state index contributed by atoms with van der Waals surface area (Å²) >= 11 is 7.78. The van der Waals surface area contributed by atoms with Crippen molar-refractivity contribution in [3.8, 4) is 0 Å². The fourth-order valence-electron chi connectivity index (χ4n) is 2.44. The Hall–Kier alpha value is -0.480. The Morgan fingerprint density at radius 2 is 2.33 bits per heavy atom. The van der Waals surface area contributed by atoms with E-state index in [1.54, 1.807) is 0 Å². The Morgan fingerprint density at radius 3 is 3.00 bits per heavy atom. The number of rotatable bonds is 2. The molecule has 2 nitrogen and oxygen atoms in total. The second-order valence-electron chi connectivity index (χ2n) is 4.83. The highest BCUT2D eigenvalue weighted by atomic mass is 79.9. The average molecular weight is 328 g/mol. The van der Waals surface area contributed by atoms with E-state index in [0.29, 0.717) is 11.5 Å². The van der Waals surface area contributed by atoms with E-state index >= 15 is 0 Å². The predicted molar refractivity (Wildman–Crippen MR) is 80.3 cm³/mol. The van der Waals surface area contributed by atoms with Crippen LogP contribution in [0.25, 0.3) is 0 Å². The van der Waals surface area contributed by atoms with Crippen LogP contribution in [0.2, 0.25) is 0 Å². The van der Waals surface area contributed by atoms with Gasteiger partial charge in [0.2, 0.25) is 0 Å². The van der Waals surface area contributed by atoms with Gasteiger partial charge in [-0.25, -0.2) is 0 Å². The van der Waals surface area contributed by atoms with Crippen molar-refractivity contribution in [1.29, 1.82) is 0 Å². The number of hydrogen-bond donors (Lipinski definition) is 1. The molecule has 1 aliphatic heterocycles. The van der Waals surface area contributed by atoms with Crippen LogP contribution in [0.4, 0.5) is 0 Å². The lowest BCUT2D eigenvalue weighted by atomic mass is 9.95.